The highest BCUT2D eigenvalue weighted by atomic mass is 16.6. The molecule has 0 aromatic carbocycles. The molecule has 2 unspecified atom stereocenters. The topological polar surface area (TPSA) is 55.8 Å². The summed E-state index contributed by atoms with van der Waals surface area (Å²) in [5, 5.41) is 0. The zero-order chi connectivity index (χ0) is 30.7. The van der Waals surface area contributed by atoms with E-state index in [4.69, 9.17) is 9.47 Å². The molecule has 42 heavy (non-hydrogen) atoms. The Balaban J connectivity index is 2.27. The second-order valence-corrected chi connectivity index (χ2v) is 13.5. The molecule has 1 aliphatic heterocycles. The fourth-order valence-electron chi connectivity index (χ4n) is 6.09. The van der Waals surface area contributed by atoms with Crippen LogP contribution in [0.2, 0.25) is 0 Å². The number of carbonyl (C=O) groups is 2. The first-order chi connectivity index (χ1) is 20.5. The van der Waals surface area contributed by atoms with Crippen molar-refractivity contribution in [2.24, 2.45) is 11.8 Å². The van der Waals surface area contributed by atoms with E-state index in [1.807, 2.05) is 6.92 Å². The van der Waals surface area contributed by atoms with Crippen molar-refractivity contribution in [3.05, 3.63) is 0 Å². The molecule has 2 atom stereocenters. The number of piperidine rings is 1. The standard InChI is InChI=1S/C37H71NO4/c1-5-7-9-11-13-15-16-17-19-20-22-24-26-33(3)36(39)41-32-35(27-25-23-21-18-14-12-10-8-6-2)42-37(40)34-28-30-38(4)31-29-34/h33-35H,5-32H2,1-4H3. The van der Waals surface area contributed by atoms with E-state index in [1.54, 1.807) is 0 Å². The second kappa shape index (κ2) is 27.4. The maximum atomic E-state index is 12.9. The number of ether oxygens (including phenoxy) is 2. The van der Waals surface area contributed by atoms with E-state index in [0.29, 0.717) is 0 Å². The van der Waals surface area contributed by atoms with Gasteiger partial charge >= 0.3 is 11.9 Å². The van der Waals surface area contributed by atoms with Crippen molar-refractivity contribution in [1.29, 1.82) is 0 Å². The molecule has 1 fully saturated rings. The summed E-state index contributed by atoms with van der Waals surface area (Å²) in [6.45, 7) is 8.60. The lowest BCUT2D eigenvalue weighted by atomic mass is 9.97. The third-order valence-corrected chi connectivity index (χ3v) is 9.27. The fraction of sp³-hybridized carbons (Fsp3) is 0.946. The Morgan fingerprint density at radius 1 is 0.643 bits per heavy atom. The molecule has 0 saturated carbocycles. The molecule has 0 aromatic rings. The predicted molar refractivity (Wildman–Crippen MR) is 178 cm³/mol. The smallest absolute Gasteiger partial charge is 0.309 e. The van der Waals surface area contributed by atoms with Gasteiger partial charge in [0, 0.05) is 0 Å². The van der Waals surface area contributed by atoms with Crippen LogP contribution in [0.15, 0.2) is 0 Å². The number of hydrogen-bond acceptors (Lipinski definition) is 5. The first-order valence-corrected chi connectivity index (χ1v) is 18.5. The highest BCUT2D eigenvalue weighted by Crippen LogP contribution is 2.21. The molecule has 248 valence electrons. The van der Waals surface area contributed by atoms with Crippen LogP contribution in [0.25, 0.3) is 0 Å². The highest BCUT2D eigenvalue weighted by molar-refractivity contribution is 5.73. The van der Waals surface area contributed by atoms with Crippen LogP contribution in [-0.4, -0.2) is 49.7 Å². The van der Waals surface area contributed by atoms with Gasteiger partial charge in [-0.25, -0.2) is 0 Å². The van der Waals surface area contributed by atoms with Crippen LogP contribution < -0.4 is 0 Å². The van der Waals surface area contributed by atoms with Crippen molar-refractivity contribution in [3.63, 3.8) is 0 Å². The molecule has 1 aliphatic rings. The number of rotatable bonds is 28. The molecule has 0 aromatic heterocycles. The van der Waals surface area contributed by atoms with Crippen molar-refractivity contribution in [1.82, 2.24) is 4.90 Å². The van der Waals surface area contributed by atoms with Crippen molar-refractivity contribution < 1.29 is 19.1 Å². The maximum Gasteiger partial charge on any atom is 0.309 e. The van der Waals surface area contributed by atoms with Crippen LogP contribution in [0.1, 0.15) is 181 Å². The minimum Gasteiger partial charge on any atom is -0.462 e. The Hall–Kier alpha value is -1.10. The minimum atomic E-state index is -0.315. The van der Waals surface area contributed by atoms with Crippen LogP contribution >= 0.6 is 0 Å². The lowest BCUT2D eigenvalue weighted by Crippen LogP contribution is -2.36. The van der Waals surface area contributed by atoms with E-state index in [0.717, 1.165) is 58.0 Å². The maximum absolute atomic E-state index is 12.9. The van der Waals surface area contributed by atoms with Crippen LogP contribution in [0.5, 0.6) is 0 Å². The first kappa shape index (κ1) is 38.9. The number of likely N-dealkylation sites (tertiary alicyclic amines) is 1. The van der Waals surface area contributed by atoms with Crippen molar-refractivity contribution in [2.75, 3.05) is 26.7 Å². The molecule has 1 rings (SSSR count). The van der Waals surface area contributed by atoms with Gasteiger partial charge < -0.3 is 14.4 Å². The molecule has 1 saturated heterocycles. The normalized spacial score (nSPS) is 15.9. The predicted octanol–water partition coefficient (Wildman–Crippen LogP) is 10.4. The summed E-state index contributed by atoms with van der Waals surface area (Å²) < 4.78 is 11.7. The molecule has 0 aliphatic carbocycles. The van der Waals surface area contributed by atoms with E-state index in [2.05, 4.69) is 25.8 Å². The Kier molecular flexibility index (Phi) is 25.4. The van der Waals surface area contributed by atoms with Gasteiger partial charge in [0.2, 0.25) is 0 Å². The Bertz CT molecular complexity index is 631. The van der Waals surface area contributed by atoms with Gasteiger partial charge in [-0.2, -0.15) is 0 Å². The summed E-state index contributed by atoms with van der Waals surface area (Å²) in [6.07, 6.45) is 30.3. The average molecular weight is 594 g/mol. The third-order valence-electron chi connectivity index (χ3n) is 9.27. The molecule has 0 amide bonds. The zero-order valence-corrected chi connectivity index (χ0v) is 28.6. The molecule has 5 heteroatoms. The molecule has 0 spiro atoms. The minimum absolute atomic E-state index is 0.0211. The second-order valence-electron chi connectivity index (χ2n) is 13.5. The number of carbonyl (C=O) groups excluding carboxylic acids is 2. The molecule has 1 heterocycles. The van der Waals surface area contributed by atoms with Crippen LogP contribution in [0.3, 0.4) is 0 Å². The van der Waals surface area contributed by atoms with Gasteiger partial charge in [-0.1, -0.05) is 149 Å². The largest absolute Gasteiger partial charge is 0.462 e. The lowest BCUT2D eigenvalue weighted by Gasteiger charge is -2.29. The first-order valence-electron chi connectivity index (χ1n) is 18.5. The van der Waals surface area contributed by atoms with Crippen molar-refractivity contribution >= 4 is 11.9 Å². The molecule has 0 N–H and O–H groups in total. The number of unbranched alkanes of at least 4 members (excludes halogenated alkanes) is 19. The van der Waals surface area contributed by atoms with Gasteiger partial charge in [-0.05, 0) is 52.2 Å². The summed E-state index contributed by atoms with van der Waals surface area (Å²) in [5.41, 5.74) is 0. The van der Waals surface area contributed by atoms with E-state index < -0.39 is 0 Å². The summed E-state index contributed by atoms with van der Waals surface area (Å²) >= 11 is 0. The van der Waals surface area contributed by atoms with E-state index in [9.17, 15) is 9.59 Å². The Morgan fingerprint density at radius 3 is 1.50 bits per heavy atom. The molecule has 0 radical (unpaired) electrons. The third kappa shape index (κ3) is 21.6. The van der Waals surface area contributed by atoms with Crippen LogP contribution in [0, 0.1) is 11.8 Å². The number of hydrogen-bond donors (Lipinski definition) is 0. The summed E-state index contributed by atoms with van der Waals surface area (Å²) in [4.78, 5) is 27.9. The SMILES string of the molecule is CCCCCCCCCCCCCCC(C)C(=O)OCC(CCCCCCCCCCC)OC(=O)C1CCN(C)CC1. The Morgan fingerprint density at radius 2 is 1.05 bits per heavy atom. The fourth-order valence-corrected chi connectivity index (χ4v) is 6.09. The lowest BCUT2D eigenvalue weighted by molar-refractivity contribution is -0.165. The molecular weight excluding hydrogens is 522 g/mol. The highest BCUT2D eigenvalue weighted by Gasteiger charge is 2.27. The van der Waals surface area contributed by atoms with Crippen LogP contribution in [0.4, 0.5) is 0 Å². The monoisotopic (exact) mass is 594 g/mol. The van der Waals surface area contributed by atoms with Gasteiger partial charge in [0.1, 0.15) is 12.7 Å². The van der Waals surface area contributed by atoms with Gasteiger partial charge in [-0.3, -0.25) is 9.59 Å². The molecular formula is C37H71NO4. The van der Waals surface area contributed by atoms with Gasteiger partial charge in [-0.15, -0.1) is 0 Å². The summed E-state index contributed by atoms with van der Waals surface area (Å²) in [5.74, 6) is -0.339. The van der Waals surface area contributed by atoms with Crippen molar-refractivity contribution in [2.45, 2.75) is 187 Å². The van der Waals surface area contributed by atoms with Crippen LogP contribution in [-0.2, 0) is 19.1 Å². The zero-order valence-electron chi connectivity index (χ0n) is 28.6. The molecule has 0 bridgehead atoms. The van der Waals surface area contributed by atoms with E-state index >= 15 is 0 Å². The summed E-state index contributed by atoms with van der Waals surface area (Å²) in [6, 6.07) is 0. The number of nitrogens with zero attached hydrogens (tertiary/aromatic N) is 1. The van der Waals surface area contributed by atoms with E-state index in [-0.39, 0.29) is 36.5 Å². The quantitative estimate of drug-likeness (QED) is 0.0667. The summed E-state index contributed by atoms with van der Waals surface area (Å²) in [7, 11) is 2.10. The number of esters is 2. The van der Waals surface area contributed by atoms with E-state index in [1.165, 1.54) is 116 Å². The Labute approximate surface area is 261 Å². The average Bonchev–Trinajstić information content (AvgIpc) is 2.99. The van der Waals surface area contributed by atoms with Gasteiger partial charge in [0.05, 0.1) is 11.8 Å². The van der Waals surface area contributed by atoms with Crippen molar-refractivity contribution in [3.8, 4) is 0 Å². The van der Waals surface area contributed by atoms with Gasteiger partial charge in [0.25, 0.3) is 0 Å². The van der Waals surface area contributed by atoms with Gasteiger partial charge in [0.15, 0.2) is 0 Å². The molecule has 5 nitrogen and oxygen atoms in total.